The fraction of sp³-hybridized carbons (Fsp3) is 0.588. The molecule has 1 aromatic rings. The topological polar surface area (TPSA) is 44.5 Å². The van der Waals surface area contributed by atoms with E-state index in [2.05, 4.69) is 0 Å². The van der Waals surface area contributed by atoms with Crippen molar-refractivity contribution in [2.75, 3.05) is 13.2 Å². The Morgan fingerprint density at radius 3 is 2.71 bits per heavy atom. The van der Waals surface area contributed by atoms with E-state index in [1.54, 1.807) is 0 Å². The molecular weight excluding hydrogens is 282 g/mol. The fourth-order valence-corrected chi connectivity index (χ4v) is 3.95. The van der Waals surface area contributed by atoms with Crippen molar-refractivity contribution >= 4 is 17.2 Å². The van der Waals surface area contributed by atoms with Crippen LogP contribution in [0.2, 0.25) is 0 Å². The normalized spacial score (nSPS) is 26.8. The minimum absolute atomic E-state index is 0.385. The second-order valence-corrected chi connectivity index (χ2v) is 6.64. The van der Waals surface area contributed by atoms with Crippen LogP contribution in [0.3, 0.4) is 0 Å². The fourth-order valence-electron chi connectivity index (χ4n) is 3.83. The molecule has 3 nitrogen and oxygen atoms in total. The van der Waals surface area contributed by atoms with Gasteiger partial charge in [0.2, 0.25) is 0 Å². The highest BCUT2D eigenvalue weighted by Crippen LogP contribution is 2.48. The molecule has 3 atom stereocenters. The summed E-state index contributed by atoms with van der Waals surface area (Å²) in [7, 11) is 0. The lowest BCUT2D eigenvalue weighted by atomic mass is 9.89. The van der Waals surface area contributed by atoms with Crippen LogP contribution in [0.4, 0.5) is 0 Å². The van der Waals surface area contributed by atoms with Gasteiger partial charge in [-0.15, -0.1) is 0 Å². The molecule has 1 aromatic carbocycles. The average molecular weight is 305 g/mol. The van der Waals surface area contributed by atoms with Crippen molar-refractivity contribution in [1.29, 1.82) is 0 Å². The van der Waals surface area contributed by atoms with Crippen molar-refractivity contribution in [3.8, 4) is 11.5 Å². The van der Waals surface area contributed by atoms with E-state index in [1.165, 1.54) is 25.7 Å². The van der Waals surface area contributed by atoms with E-state index in [-0.39, 0.29) is 0 Å². The monoisotopic (exact) mass is 305 g/mol. The minimum atomic E-state index is 0.385. The number of nitrogens with two attached hydrogens (primary N) is 1. The maximum absolute atomic E-state index is 6.05. The van der Waals surface area contributed by atoms with E-state index in [9.17, 15) is 0 Å². The number of benzene rings is 1. The van der Waals surface area contributed by atoms with Gasteiger partial charge in [0.15, 0.2) is 11.5 Å². The zero-order chi connectivity index (χ0) is 14.8. The molecule has 0 aromatic heterocycles. The first-order valence-corrected chi connectivity index (χ1v) is 8.27. The van der Waals surface area contributed by atoms with Gasteiger partial charge in [-0.05, 0) is 62.1 Å². The summed E-state index contributed by atoms with van der Waals surface area (Å²) in [5, 5.41) is 0. The van der Waals surface area contributed by atoms with Crippen LogP contribution in [0.1, 0.15) is 38.2 Å². The van der Waals surface area contributed by atoms with Crippen LogP contribution in [0.25, 0.3) is 0 Å². The first-order chi connectivity index (χ1) is 10.2. The summed E-state index contributed by atoms with van der Waals surface area (Å²) in [5.41, 5.74) is 6.50. The lowest BCUT2D eigenvalue weighted by Crippen LogP contribution is -2.19. The largest absolute Gasteiger partial charge is 0.490 e. The highest BCUT2D eigenvalue weighted by molar-refractivity contribution is 7.80. The van der Waals surface area contributed by atoms with Gasteiger partial charge in [-0.3, -0.25) is 0 Å². The summed E-state index contributed by atoms with van der Waals surface area (Å²) in [4.78, 5) is 0.385. The molecule has 4 heteroatoms. The third-order valence-electron chi connectivity index (χ3n) is 4.87. The maximum atomic E-state index is 6.05. The average Bonchev–Trinajstić information content (AvgIpc) is 3.08. The Bertz CT molecular complexity index is 532. The van der Waals surface area contributed by atoms with Gasteiger partial charge in [0, 0.05) is 5.56 Å². The molecule has 0 saturated heterocycles. The Labute approximate surface area is 131 Å². The van der Waals surface area contributed by atoms with Crippen molar-refractivity contribution in [2.45, 2.75) is 32.6 Å². The molecule has 2 fully saturated rings. The van der Waals surface area contributed by atoms with Gasteiger partial charge in [0.1, 0.15) is 4.99 Å². The Kier molecular flexibility index (Phi) is 4.34. The first kappa shape index (κ1) is 14.6. The van der Waals surface area contributed by atoms with Crippen LogP contribution in [-0.4, -0.2) is 18.2 Å². The second kappa shape index (κ2) is 6.22. The summed E-state index contributed by atoms with van der Waals surface area (Å²) < 4.78 is 11.7. The summed E-state index contributed by atoms with van der Waals surface area (Å²) >= 11 is 5.02. The molecule has 3 rings (SSSR count). The molecule has 0 heterocycles. The molecule has 3 unspecified atom stereocenters. The van der Waals surface area contributed by atoms with Gasteiger partial charge in [0.25, 0.3) is 0 Å². The van der Waals surface area contributed by atoms with Crippen molar-refractivity contribution in [3.05, 3.63) is 23.8 Å². The lowest BCUT2D eigenvalue weighted by molar-refractivity contribution is 0.187. The van der Waals surface area contributed by atoms with Gasteiger partial charge in [0.05, 0.1) is 13.2 Å². The molecule has 0 aliphatic heterocycles. The van der Waals surface area contributed by atoms with E-state index in [1.807, 2.05) is 25.1 Å². The Hall–Kier alpha value is -1.29. The number of ether oxygens (including phenoxy) is 2. The van der Waals surface area contributed by atoms with Gasteiger partial charge < -0.3 is 15.2 Å². The van der Waals surface area contributed by atoms with Gasteiger partial charge in [-0.25, -0.2) is 0 Å². The van der Waals surface area contributed by atoms with Crippen molar-refractivity contribution < 1.29 is 9.47 Å². The molecule has 2 aliphatic rings. The highest BCUT2D eigenvalue weighted by atomic mass is 32.1. The summed E-state index contributed by atoms with van der Waals surface area (Å²) in [5.74, 6) is 4.09. The second-order valence-electron chi connectivity index (χ2n) is 6.20. The zero-order valence-corrected chi connectivity index (χ0v) is 13.3. The molecule has 2 N–H and O–H groups in total. The molecule has 21 heavy (non-hydrogen) atoms. The van der Waals surface area contributed by atoms with Gasteiger partial charge in [-0.2, -0.15) is 0 Å². The summed E-state index contributed by atoms with van der Waals surface area (Å²) in [6, 6.07) is 5.70. The number of fused-ring (bicyclic) bond motifs is 2. The van der Waals surface area contributed by atoms with Crippen LogP contribution in [0, 0.1) is 17.8 Å². The van der Waals surface area contributed by atoms with Gasteiger partial charge >= 0.3 is 0 Å². The van der Waals surface area contributed by atoms with Crippen molar-refractivity contribution in [1.82, 2.24) is 0 Å². The summed E-state index contributed by atoms with van der Waals surface area (Å²) in [6.45, 7) is 3.37. The number of thiocarbonyl (C=S) groups is 1. The molecular formula is C17H23NO2S. The molecule has 0 amide bonds. The van der Waals surface area contributed by atoms with Crippen molar-refractivity contribution in [2.24, 2.45) is 23.5 Å². The predicted octanol–water partition coefficient (Wildman–Crippen LogP) is 3.53. The first-order valence-electron chi connectivity index (χ1n) is 7.86. The third-order valence-corrected chi connectivity index (χ3v) is 5.10. The van der Waals surface area contributed by atoms with Crippen LogP contribution >= 0.6 is 12.2 Å². The van der Waals surface area contributed by atoms with E-state index >= 15 is 0 Å². The van der Waals surface area contributed by atoms with Gasteiger partial charge in [-0.1, -0.05) is 18.6 Å². The Morgan fingerprint density at radius 2 is 2.10 bits per heavy atom. The van der Waals surface area contributed by atoms with E-state index < -0.39 is 0 Å². The third kappa shape index (κ3) is 3.15. The number of hydrogen-bond acceptors (Lipinski definition) is 3. The smallest absolute Gasteiger partial charge is 0.161 e. The molecule has 0 radical (unpaired) electrons. The molecule has 2 saturated carbocycles. The molecule has 2 aliphatic carbocycles. The molecule has 0 spiro atoms. The Morgan fingerprint density at radius 1 is 1.24 bits per heavy atom. The summed E-state index contributed by atoms with van der Waals surface area (Å²) in [6.07, 6.45) is 5.55. The SMILES string of the molecule is CCOc1cc(C(N)=S)ccc1OCC1CC2CCC1C2. The lowest BCUT2D eigenvalue weighted by Gasteiger charge is -2.22. The number of rotatable bonds is 6. The van der Waals surface area contributed by atoms with E-state index in [0.717, 1.165) is 35.5 Å². The molecule has 2 bridgehead atoms. The van der Waals surface area contributed by atoms with Crippen molar-refractivity contribution in [3.63, 3.8) is 0 Å². The maximum Gasteiger partial charge on any atom is 0.161 e. The van der Waals surface area contributed by atoms with Crippen LogP contribution in [-0.2, 0) is 0 Å². The zero-order valence-electron chi connectivity index (χ0n) is 12.5. The van der Waals surface area contributed by atoms with E-state index in [4.69, 9.17) is 27.4 Å². The quantitative estimate of drug-likeness (QED) is 0.817. The van der Waals surface area contributed by atoms with Crippen LogP contribution < -0.4 is 15.2 Å². The Balaban J connectivity index is 1.67. The van der Waals surface area contributed by atoms with Crippen LogP contribution in [0.5, 0.6) is 11.5 Å². The standard InChI is InChI=1S/C17H23NO2S/c1-2-19-16-9-13(17(18)21)5-6-15(16)20-10-14-8-11-3-4-12(14)7-11/h5-6,9,11-12,14H,2-4,7-8,10H2,1H3,(H2,18,21). The highest BCUT2D eigenvalue weighted by Gasteiger charge is 2.39. The predicted molar refractivity (Wildman–Crippen MR) is 87.9 cm³/mol. The molecule has 114 valence electrons. The van der Waals surface area contributed by atoms with E-state index in [0.29, 0.717) is 17.5 Å². The minimum Gasteiger partial charge on any atom is -0.490 e. The number of hydrogen-bond donors (Lipinski definition) is 1. The van der Waals surface area contributed by atoms with Crippen LogP contribution in [0.15, 0.2) is 18.2 Å².